The molecule has 3 unspecified atom stereocenters. The number of unbranched alkanes of at least 4 members (excludes halogenated alkanes) is 3. The fraction of sp³-hybridized carbons (Fsp3) is 0.529. The van der Waals surface area contributed by atoms with E-state index in [0.717, 1.165) is 42.4 Å². The lowest BCUT2D eigenvalue weighted by molar-refractivity contribution is 0.276. The third kappa shape index (κ3) is 8.35. The van der Waals surface area contributed by atoms with Crippen LogP contribution in [0.15, 0.2) is 66.3 Å². The van der Waals surface area contributed by atoms with Gasteiger partial charge in [-0.15, -0.1) is 0 Å². The van der Waals surface area contributed by atoms with Gasteiger partial charge >= 0.3 is 7.60 Å². The number of hydrogen-bond donors (Lipinski definition) is 1. The Kier molecular flexibility index (Phi) is 11.1. The lowest BCUT2D eigenvalue weighted by atomic mass is 9.72. The van der Waals surface area contributed by atoms with Crippen LogP contribution in [0.2, 0.25) is 0 Å². The van der Waals surface area contributed by atoms with Gasteiger partial charge in [0, 0.05) is 11.5 Å². The smallest absolute Gasteiger partial charge is 0.383 e. The molecule has 0 aromatic heterocycles. The first-order valence-electron chi connectivity index (χ1n) is 14.7. The van der Waals surface area contributed by atoms with Crippen LogP contribution in [-0.4, -0.2) is 11.7 Å². The van der Waals surface area contributed by atoms with Crippen LogP contribution in [0.4, 0.5) is 0 Å². The molecule has 0 heterocycles. The molecule has 3 atom stereocenters. The zero-order chi connectivity index (χ0) is 28.6. The van der Waals surface area contributed by atoms with Crippen LogP contribution in [0.25, 0.3) is 0 Å². The van der Waals surface area contributed by atoms with Gasteiger partial charge in [0.25, 0.3) is 0 Å². The maximum absolute atomic E-state index is 14.2. The lowest BCUT2D eigenvalue weighted by Crippen LogP contribution is -2.20. The van der Waals surface area contributed by atoms with Crippen LogP contribution in [0.3, 0.4) is 0 Å². The summed E-state index contributed by atoms with van der Waals surface area (Å²) in [6.07, 6.45) is 10.1. The van der Waals surface area contributed by atoms with Crippen LogP contribution in [0, 0.1) is 5.92 Å². The Labute approximate surface area is 237 Å². The molecule has 2 aromatic rings. The topological polar surface area (TPSA) is 55.8 Å². The molecule has 1 aliphatic rings. The highest BCUT2D eigenvalue weighted by Gasteiger charge is 2.35. The van der Waals surface area contributed by atoms with Crippen LogP contribution in [0.1, 0.15) is 109 Å². The average Bonchev–Trinajstić information content (AvgIpc) is 2.86. The second kappa shape index (κ2) is 13.9. The van der Waals surface area contributed by atoms with Crippen molar-refractivity contribution in [3.05, 3.63) is 83.0 Å². The zero-order valence-corrected chi connectivity index (χ0v) is 25.9. The van der Waals surface area contributed by atoms with E-state index in [4.69, 9.17) is 9.05 Å². The molecule has 0 saturated carbocycles. The molecule has 39 heavy (non-hydrogen) atoms. The molecule has 2 aromatic carbocycles. The van der Waals surface area contributed by atoms with Gasteiger partial charge in [0.1, 0.15) is 11.5 Å². The minimum Gasteiger partial charge on any atom is -0.507 e. The number of allylic oxidation sites excluding steroid dienone is 3. The molecule has 1 N–H and O–H groups in total. The summed E-state index contributed by atoms with van der Waals surface area (Å²) in [4.78, 5) is 0. The molecule has 0 radical (unpaired) electrons. The van der Waals surface area contributed by atoms with Crippen molar-refractivity contribution in [3.8, 4) is 11.5 Å². The van der Waals surface area contributed by atoms with Gasteiger partial charge < -0.3 is 9.63 Å². The Bertz CT molecular complexity index is 1180. The Morgan fingerprint density at radius 1 is 1.13 bits per heavy atom. The summed E-state index contributed by atoms with van der Waals surface area (Å²) in [5.41, 5.74) is 4.73. The predicted molar refractivity (Wildman–Crippen MR) is 164 cm³/mol. The van der Waals surface area contributed by atoms with E-state index in [0.29, 0.717) is 11.3 Å². The van der Waals surface area contributed by atoms with Gasteiger partial charge in [0.05, 0.1) is 12.8 Å². The number of aromatic hydroxyl groups is 1. The molecule has 5 heteroatoms. The van der Waals surface area contributed by atoms with Crippen molar-refractivity contribution < 1.29 is 18.7 Å². The van der Waals surface area contributed by atoms with Gasteiger partial charge in [-0.1, -0.05) is 101 Å². The SMILES string of the molecule is C=C(C)C1CCC(C)=CC1c1c(O)cc(C(C)(C)CCCCCC)cc1OP(=O)(Cc1ccccc1)OCC. The van der Waals surface area contributed by atoms with E-state index in [9.17, 15) is 9.67 Å². The third-order valence-electron chi connectivity index (χ3n) is 8.05. The van der Waals surface area contributed by atoms with Crippen molar-refractivity contribution in [2.24, 2.45) is 5.92 Å². The minimum absolute atomic E-state index is 0.111. The zero-order valence-electron chi connectivity index (χ0n) is 25.0. The van der Waals surface area contributed by atoms with Gasteiger partial charge in [-0.25, -0.2) is 4.57 Å². The molecule has 0 spiro atoms. The van der Waals surface area contributed by atoms with Crippen molar-refractivity contribution >= 4 is 7.60 Å². The van der Waals surface area contributed by atoms with Gasteiger partial charge in [-0.05, 0) is 74.6 Å². The summed E-state index contributed by atoms with van der Waals surface area (Å²) in [5, 5.41) is 11.6. The van der Waals surface area contributed by atoms with Crippen LogP contribution < -0.4 is 4.52 Å². The molecule has 0 amide bonds. The van der Waals surface area contributed by atoms with Gasteiger partial charge in [-0.3, -0.25) is 4.52 Å². The number of rotatable bonds is 14. The lowest BCUT2D eigenvalue weighted by Gasteiger charge is -2.34. The monoisotopic (exact) mass is 552 g/mol. The van der Waals surface area contributed by atoms with E-state index >= 15 is 0 Å². The van der Waals surface area contributed by atoms with Crippen LogP contribution in [0.5, 0.6) is 11.5 Å². The van der Waals surface area contributed by atoms with E-state index in [1.165, 1.54) is 24.8 Å². The van der Waals surface area contributed by atoms with E-state index < -0.39 is 7.60 Å². The molecule has 0 saturated heterocycles. The summed E-state index contributed by atoms with van der Waals surface area (Å²) in [6, 6.07) is 13.6. The second-order valence-corrected chi connectivity index (χ2v) is 13.9. The summed E-state index contributed by atoms with van der Waals surface area (Å²) in [5.74, 6) is 0.700. The normalized spacial score (nSPS) is 19.3. The van der Waals surface area contributed by atoms with Crippen LogP contribution >= 0.6 is 7.60 Å². The Morgan fingerprint density at radius 2 is 1.85 bits per heavy atom. The Morgan fingerprint density at radius 3 is 2.49 bits per heavy atom. The van der Waals surface area contributed by atoms with Crippen LogP contribution in [-0.2, 0) is 20.7 Å². The van der Waals surface area contributed by atoms with E-state index in [2.05, 4.69) is 47.3 Å². The molecule has 1 aliphatic carbocycles. The first-order chi connectivity index (χ1) is 18.5. The number of benzene rings is 2. The molecule has 0 aliphatic heterocycles. The Balaban J connectivity index is 2.13. The molecular weight excluding hydrogens is 503 g/mol. The first-order valence-corrected chi connectivity index (χ1v) is 16.4. The summed E-state index contributed by atoms with van der Waals surface area (Å²) < 4.78 is 26.5. The maximum atomic E-state index is 14.2. The summed E-state index contributed by atoms with van der Waals surface area (Å²) >= 11 is 0. The fourth-order valence-electron chi connectivity index (χ4n) is 5.72. The highest BCUT2D eigenvalue weighted by Crippen LogP contribution is 2.56. The van der Waals surface area contributed by atoms with Gasteiger partial charge in [0.15, 0.2) is 0 Å². The third-order valence-corrected chi connectivity index (χ3v) is 9.93. The molecule has 0 bridgehead atoms. The number of hydrogen-bond acceptors (Lipinski definition) is 4. The largest absolute Gasteiger partial charge is 0.507 e. The second-order valence-electron chi connectivity index (χ2n) is 11.9. The van der Waals surface area contributed by atoms with Gasteiger partial charge in [-0.2, -0.15) is 0 Å². The molecular formula is C34H49O4P. The van der Waals surface area contributed by atoms with E-state index in [-0.39, 0.29) is 35.8 Å². The quantitative estimate of drug-likeness (QED) is 0.144. The highest BCUT2D eigenvalue weighted by atomic mass is 31.2. The summed E-state index contributed by atoms with van der Waals surface area (Å²) in [6.45, 7) is 17.2. The van der Waals surface area contributed by atoms with E-state index in [1.54, 1.807) is 0 Å². The van der Waals surface area contributed by atoms with E-state index in [1.807, 2.05) is 49.4 Å². The average molecular weight is 553 g/mol. The predicted octanol–water partition coefficient (Wildman–Crippen LogP) is 10.5. The molecule has 3 rings (SSSR count). The highest BCUT2D eigenvalue weighted by molar-refractivity contribution is 7.53. The molecule has 0 fully saturated rings. The maximum Gasteiger partial charge on any atom is 0.383 e. The minimum atomic E-state index is -3.58. The summed E-state index contributed by atoms with van der Waals surface area (Å²) in [7, 11) is -3.58. The number of phenols is 1. The van der Waals surface area contributed by atoms with Gasteiger partial charge in [0.2, 0.25) is 0 Å². The van der Waals surface area contributed by atoms with Crippen molar-refractivity contribution in [2.75, 3.05) is 6.61 Å². The van der Waals surface area contributed by atoms with Crippen molar-refractivity contribution in [1.29, 1.82) is 0 Å². The first kappa shape index (κ1) is 31.2. The fourth-order valence-corrected chi connectivity index (χ4v) is 7.43. The van der Waals surface area contributed by atoms with Crippen molar-refractivity contribution in [2.45, 2.75) is 104 Å². The standard InChI is InChI=1S/C34H49O4P/c1-8-10-11-15-20-34(6,7)28-22-31(35)33(30-21-26(5)18-19-29(30)25(3)4)32(23-28)38-39(36,37-9-2)24-27-16-13-12-14-17-27/h12-14,16-17,21-23,29-30,35H,3,8-11,15,18-20,24H2,1-2,4-7H3. The Hall–Kier alpha value is -2.29. The van der Waals surface area contributed by atoms with Crippen molar-refractivity contribution in [3.63, 3.8) is 0 Å². The molecule has 4 nitrogen and oxygen atoms in total. The number of phenolic OH excluding ortho intramolecular Hbond substituents is 1. The van der Waals surface area contributed by atoms with Crippen molar-refractivity contribution in [1.82, 2.24) is 0 Å². The molecule has 214 valence electrons.